The number of carbonyl (C=O) groups excluding carboxylic acids is 2. The van der Waals surface area contributed by atoms with Crippen LogP contribution in [0.3, 0.4) is 0 Å². The number of hydrogen-bond donors (Lipinski definition) is 0. The van der Waals surface area contributed by atoms with Crippen molar-refractivity contribution >= 4 is 23.2 Å². The first-order chi connectivity index (χ1) is 19.5. The molecular formula is C33H30N2O5. The Kier molecular flexibility index (Phi) is 6.97. The molecule has 4 aromatic rings. The number of amides is 2. The lowest BCUT2D eigenvalue weighted by Crippen LogP contribution is -2.37. The van der Waals surface area contributed by atoms with Gasteiger partial charge in [-0.15, -0.1) is 0 Å². The van der Waals surface area contributed by atoms with Gasteiger partial charge in [-0.1, -0.05) is 72.3 Å². The Labute approximate surface area is 233 Å². The lowest BCUT2D eigenvalue weighted by atomic mass is 9.90. The van der Waals surface area contributed by atoms with Crippen LogP contribution in [0, 0.1) is 12.8 Å². The third-order valence-electron chi connectivity index (χ3n) is 7.26. The summed E-state index contributed by atoms with van der Waals surface area (Å²) >= 11 is 0. The van der Waals surface area contributed by atoms with Crippen molar-refractivity contribution in [1.82, 2.24) is 0 Å². The molecule has 0 bridgehead atoms. The van der Waals surface area contributed by atoms with Gasteiger partial charge in [0.05, 0.1) is 24.0 Å². The molecule has 0 saturated carbocycles. The van der Waals surface area contributed by atoms with E-state index in [9.17, 15) is 9.59 Å². The van der Waals surface area contributed by atoms with Crippen LogP contribution in [0.4, 0.5) is 11.4 Å². The van der Waals surface area contributed by atoms with Crippen molar-refractivity contribution < 1.29 is 23.9 Å². The molecule has 0 aromatic heterocycles. The minimum Gasteiger partial charge on any atom is -0.490 e. The van der Waals surface area contributed by atoms with E-state index >= 15 is 0 Å². The summed E-state index contributed by atoms with van der Waals surface area (Å²) < 4.78 is 12.1. The number of benzene rings is 4. The number of ether oxygens (including phenoxy) is 2. The number of aryl methyl sites for hydroxylation is 1. The van der Waals surface area contributed by atoms with Crippen LogP contribution in [-0.2, 0) is 21.0 Å². The summed E-state index contributed by atoms with van der Waals surface area (Å²) in [5.41, 5.74) is 4.18. The largest absolute Gasteiger partial charge is 0.490 e. The number of imide groups is 1. The fourth-order valence-electron chi connectivity index (χ4n) is 5.33. The average Bonchev–Trinajstić information content (AvgIpc) is 3.49. The van der Waals surface area contributed by atoms with E-state index in [0.717, 1.165) is 22.4 Å². The summed E-state index contributed by atoms with van der Waals surface area (Å²) in [6, 6.07) is 31.9. The van der Waals surface area contributed by atoms with Gasteiger partial charge in [0.1, 0.15) is 12.5 Å². The van der Waals surface area contributed by atoms with Crippen molar-refractivity contribution in [2.24, 2.45) is 5.92 Å². The van der Waals surface area contributed by atoms with Gasteiger partial charge in [-0.05, 0) is 61.4 Å². The second-order valence-electron chi connectivity index (χ2n) is 9.92. The van der Waals surface area contributed by atoms with Crippen LogP contribution in [0.25, 0.3) is 0 Å². The van der Waals surface area contributed by atoms with Gasteiger partial charge in [0, 0.05) is 0 Å². The van der Waals surface area contributed by atoms with E-state index in [1.807, 2.05) is 105 Å². The van der Waals surface area contributed by atoms with Crippen LogP contribution >= 0.6 is 0 Å². The van der Waals surface area contributed by atoms with E-state index < -0.39 is 18.1 Å². The number of rotatable bonds is 8. The molecule has 3 atom stereocenters. The van der Waals surface area contributed by atoms with Crippen LogP contribution in [0.5, 0.6) is 11.5 Å². The molecule has 0 N–H and O–H groups in total. The SMILES string of the molecule is CCOc1cc([C@H]2[C@H]3C(=O)N(c4ccc(C)cc4)C(=O)[C@@H]3ON2c2ccccc2)ccc1OCc1ccccc1. The Morgan fingerprint density at radius 1 is 0.750 bits per heavy atom. The van der Waals surface area contributed by atoms with Crippen LogP contribution < -0.4 is 19.4 Å². The normalized spacial score (nSPS) is 20.1. The Morgan fingerprint density at radius 2 is 1.45 bits per heavy atom. The van der Waals surface area contributed by atoms with E-state index in [1.165, 1.54) is 4.90 Å². The molecule has 0 aliphatic carbocycles. The Hall–Kier alpha value is -4.62. The van der Waals surface area contributed by atoms with Gasteiger partial charge in [-0.3, -0.25) is 14.4 Å². The molecule has 202 valence electrons. The predicted molar refractivity (Wildman–Crippen MR) is 152 cm³/mol. The van der Waals surface area contributed by atoms with E-state index in [4.69, 9.17) is 14.3 Å². The molecule has 2 heterocycles. The van der Waals surface area contributed by atoms with Crippen molar-refractivity contribution in [3.8, 4) is 11.5 Å². The third-order valence-corrected chi connectivity index (χ3v) is 7.26. The number of para-hydroxylation sites is 1. The molecule has 7 heteroatoms. The number of hydroxylamine groups is 1. The average molecular weight is 535 g/mol. The van der Waals surface area contributed by atoms with E-state index in [1.54, 1.807) is 17.2 Å². The highest BCUT2D eigenvalue weighted by Gasteiger charge is 2.60. The highest BCUT2D eigenvalue weighted by Crippen LogP contribution is 2.48. The number of fused-ring (bicyclic) bond motifs is 1. The summed E-state index contributed by atoms with van der Waals surface area (Å²) in [6.45, 7) is 4.72. The van der Waals surface area contributed by atoms with Gasteiger partial charge in [0.2, 0.25) is 5.91 Å². The zero-order chi connectivity index (χ0) is 27.6. The van der Waals surface area contributed by atoms with Gasteiger partial charge in [0.15, 0.2) is 17.6 Å². The number of hydrogen-bond acceptors (Lipinski definition) is 6. The smallest absolute Gasteiger partial charge is 0.266 e. The molecule has 6 rings (SSSR count). The topological polar surface area (TPSA) is 68.3 Å². The van der Waals surface area contributed by atoms with Gasteiger partial charge in [-0.25, -0.2) is 9.96 Å². The molecule has 2 fully saturated rings. The second kappa shape index (κ2) is 10.9. The first kappa shape index (κ1) is 25.6. The summed E-state index contributed by atoms with van der Waals surface area (Å²) in [7, 11) is 0. The molecule has 40 heavy (non-hydrogen) atoms. The van der Waals surface area contributed by atoms with Crippen molar-refractivity contribution in [3.63, 3.8) is 0 Å². The minimum atomic E-state index is -0.941. The molecule has 0 unspecified atom stereocenters. The fraction of sp³-hybridized carbons (Fsp3) is 0.212. The molecule has 2 saturated heterocycles. The van der Waals surface area contributed by atoms with Crippen molar-refractivity contribution in [3.05, 3.63) is 120 Å². The maximum absolute atomic E-state index is 13.9. The maximum Gasteiger partial charge on any atom is 0.266 e. The molecule has 4 aromatic carbocycles. The summed E-state index contributed by atoms with van der Waals surface area (Å²) in [4.78, 5) is 35.0. The standard InChI is InChI=1S/C33H30N2O5/c1-3-38-28-20-24(16-19-27(28)39-21-23-10-6-4-7-11-23)30-29-31(40-35(30)26-12-8-5-9-13-26)33(37)34(32(29)36)25-17-14-22(2)15-18-25/h4-20,29-31H,3,21H2,1-2H3/t29-,30+,31-/m1/s1. The van der Waals surface area contributed by atoms with Crippen molar-refractivity contribution in [2.45, 2.75) is 32.6 Å². The van der Waals surface area contributed by atoms with E-state index in [0.29, 0.717) is 30.4 Å². The van der Waals surface area contributed by atoms with Crippen molar-refractivity contribution in [2.75, 3.05) is 16.6 Å². The Bertz CT molecular complexity index is 1510. The van der Waals surface area contributed by atoms with Gasteiger partial charge in [-0.2, -0.15) is 0 Å². The lowest BCUT2D eigenvalue weighted by Gasteiger charge is -2.29. The summed E-state index contributed by atoms with van der Waals surface area (Å²) in [5.74, 6) is -0.217. The van der Waals surface area contributed by atoms with Crippen LogP contribution in [0.15, 0.2) is 103 Å². The molecular weight excluding hydrogens is 504 g/mol. The van der Waals surface area contributed by atoms with E-state index in [-0.39, 0.29) is 11.8 Å². The number of carbonyl (C=O) groups is 2. The molecule has 2 amide bonds. The molecule has 2 aliphatic heterocycles. The molecule has 0 radical (unpaired) electrons. The van der Waals surface area contributed by atoms with Crippen LogP contribution in [0.1, 0.15) is 29.7 Å². The van der Waals surface area contributed by atoms with Gasteiger partial charge in [0.25, 0.3) is 5.91 Å². The summed E-state index contributed by atoms with van der Waals surface area (Å²) in [5, 5.41) is 1.69. The van der Waals surface area contributed by atoms with Gasteiger partial charge >= 0.3 is 0 Å². The molecule has 2 aliphatic rings. The summed E-state index contributed by atoms with van der Waals surface area (Å²) in [6.07, 6.45) is -0.941. The predicted octanol–water partition coefficient (Wildman–Crippen LogP) is 6.02. The Morgan fingerprint density at radius 3 is 2.15 bits per heavy atom. The minimum absolute atomic E-state index is 0.287. The first-order valence-electron chi connectivity index (χ1n) is 13.4. The quantitative estimate of drug-likeness (QED) is 0.258. The maximum atomic E-state index is 13.9. The number of nitrogens with zero attached hydrogens (tertiary/aromatic N) is 2. The van der Waals surface area contributed by atoms with Crippen LogP contribution in [0.2, 0.25) is 0 Å². The molecule has 7 nitrogen and oxygen atoms in total. The van der Waals surface area contributed by atoms with Gasteiger partial charge < -0.3 is 9.47 Å². The van der Waals surface area contributed by atoms with Crippen molar-refractivity contribution in [1.29, 1.82) is 0 Å². The monoisotopic (exact) mass is 534 g/mol. The zero-order valence-corrected chi connectivity index (χ0v) is 22.4. The molecule has 0 spiro atoms. The second-order valence-corrected chi connectivity index (χ2v) is 9.92. The number of anilines is 2. The Balaban J connectivity index is 1.37. The fourth-order valence-corrected chi connectivity index (χ4v) is 5.33. The zero-order valence-electron chi connectivity index (χ0n) is 22.4. The highest BCUT2D eigenvalue weighted by molar-refractivity contribution is 6.23. The van der Waals surface area contributed by atoms with E-state index in [2.05, 4.69) is 0 Å². The lowest BCUT2D eigenvalue weighted by molar-refractivity contribution is -0.126. The third kappa shape index (κ3) is 4.69. The first-order valence-corrected chi connectivity index (χ1v) is 13.4. The van der Waals surface area contributed by atoms with Crippen LogP contribution in [-0.4, -0.2) is 24.5 Å². The highest BCUT2D eigenvalue weighted by atomic mass is 16.7.